The molecule has 0 radical (unpaired) electrons. The molecule has 4 saturated carbocycles. The van der Waals surface area contributed by atoms with Gasteiger partial charge in [0.2, 0.25) is 11.7 Å². The van der Waals surface area contributed by atoms with Gasteiger partial charge in [0.15, 0.2) is 17.8 Å². The molecule has 0 aromatic carbocycles. The molecular formula is C37H44O18. The Morgan fingerprint density at radius 1 is 0.836 bits per heavy atom. The van der Waals surface area contributed by atoms with E-state index < -0.39 is 135 Å². The lowest BCUT2D eigenvalue weighted by Gasteiger charge is -2.76. The molecule has 0 unspecified atom stereocenters. The number of rotatable bonds is 8. The van der Waals surface area contributed by atoms with Crippen LogP contribution in [0.25, 0.3) is 0 Å². The van der Waals surface area contributed by atoms with E-state index >= 15 is 0 Å². The lowest BCUT2D eigenvalue weighted by Crippen LogP contribution is -2.94. The Bertz CT molecular complexity index is 1900. The van der Waals surface area contributed by atoms with E-state index in [1.165, 1.54) is 39.4 Å². The maximum atomic E-state index is 13.9. The van der Waals surface area contributed by atoms with Gasteiger partial charge in [0, 0.05) is 69.4 Å². The van der Waals surface area contributed by atoms with Crippen LogP contribution in [0.15, 0.2) is 34.7 Å². The number of methoxy groups -OCH3 is 1. The summed E-state index contributed by atoms with van der Waals surface area (Å²) in [4.78, 5) is 92.8. The highest BCUT2D eigenvalue weighted by Gasteiger charge is 3.00. The van der Waals surface area contributed by atoms with Gasteiger partial charge in [-0.1, -0.05) is 13.8 Å². The van der Waals surface area contributed by atoms with E-state index in [2.05, 4.69) is 0 Å². The minimum absolute atomic E-state index is 0.207. The van der Waals surface area contributed by atoms with E-state index in [9.17, 15) is 48.9 Å². The van der Waals surface area contributed by atoms with Crippen molar-refractivity contribution in [3.8, 4) is 0 Å². The fourth-order valence-electron chi connectivity index (χ4n) is 11.5. The average Bonchev–Trinajstić information content (AvgIpc) is 3.71. The number of furan rings is 1. The molecule has 55 heavy (non-hydrogen) atoms. The van der Waals surface area contributed by atoms with Crippen LogP contribution < -0.4 is 0 Å². The number of esters is 7. The van der Waals surface area contributed by atoms with E-state index in [0.29, 0.717) is 0 Å². The molecular weight excluding hydrogens is 732 g/mol. The van der Waals surface area contributed by atoms with Crippen molar-refractivity contribution in [2.75, 3.05) is 7.11 Å². The molecule has 1 aliphatic heterocycles. The number of carbonyl (C=O) groups excluding carboxylic acids is 7. The van der Waals surface area contributed by atoms with Gasteiger partial charge < -0.3 is 52.9 Å². The third kappa shape index (κ3) is 4.73. The molecule has 2 heterocycles. The summed E-state index contributed by atoms with van der Waals surface area (Å²) >= 11 is 0. The first-order valence-corrected chi connectivity index (χ1v) is 17.5. The van der Waals surface area contributed by atoms with Gasteiger partial charge in [0.1, 0.15) is 23.4 Å². The van der Waals surface area contributed by atoms with Crippen LogP contribution in [0.5, 0.6) is 0 Å². The van der Waals surface area contributed by atoms with Crippen LogP contribution >= 0.6 is 0 Å². The summed E-state index contributed by atoms with van der Waals surface area (Å²) in [5.41, 5.74) is -18.4. The second kappa shape index (κ2) is 12.3. The normalized spacial score (nSPS) is 42.7. The van der Waals surface area contributed by atoms with E-state index in [1.807, 2.05) is 0 Å². The molecule has 300 valence electrons. The number of cyclic esters (lactones) is 1. The van der Waals surface area contributed by atoms with Crippen molar-refractivity contribution in [2.24, 2.45) is 22.2 Å². The summed E-state index contributed by atoms with van der Waals surface area (Å²) in [5, 5.41) is 41.2. The first-order valence-electron chi connectivity index (χ1n) is 17.5. The van der Waals surface area contributed by atoms with Crippen LogP contribution in [0.1, 0.15) is 79.9 Å². The molecule has 18 heteroatoms. The van der Waals surface area contributed by atoms with E-state index in [1.54, 1.807) is 0 Å². The Balaban J connectivity index is 1.83. The monoisotopic (exact) mass is 776 g/mol. The van der Waals surface area contributed by atoms with Crippen LogP contribution in [-0.4, -0.2) is 111 Å². The molecule has 18 nitrogen and oxygen atoms in total. The molecule has 1 aromatic rings. The minimum Gasteiger partial charge on any atom is -0.472 e. The number of carbonyl (C=O) groups is 7. The van der Waals surface area contributed by atoms with Crippen LogP contribution in [0, 0.1) is 22.2 Å². The molecule has 4 fully saturated rings. The van der Waals surface area contributed by atoms with Crippen molar-refractivity contribution >= 4 is 41.8 Å². The molecule has 2 bridgehead atoms. The molecule has 0 spiro atoms. The largest absolute Gasteiger partial charge is 0.472 e. The van der Waals surface area contributed by atoms with Crippen molar-refractivity contribution in [3.63, 3.8) is 0 Å². The SMILES string of the molecule is COC(=O)[C@H](OC(C)=O)[C@H]1[C@]2(C)C[C@]3(O)[C@@](OC(C)=O)([C@@H](OC(C)=O)[C@]4(O)C5=CC(=O)O[C@@H](c6ccoc6)[C@]5(C)[C@@H](OC(C)=O)C[C@]4(O)[C@]13C)[C@H]2OC(C)=O. The van der Waals surface area contributed by atoms with E-state index in [-0.39, 0.29) is 5.56 Å². The number of hydrogen-bond acceptors (Lipinski definition) is 18. The molecule has 1 aromatic heterocycles. The summed E-state index contributed by atoms with van der Waals surface area (Å²) in [5.74, 6) is -9.21. The zero-order chi connectivity index (χ0) is 41.1. The standard InChI is InChI=1S/C37H44O18/c1-16(38)50-23-13-34(45)33(8)26(25(28(44)48-9)51-17(2)39)31(6)15-35(33,46)37(55-20(5)42,29(31)52-18(3)40)30(53-19(4)41)36(34,47)22-12-24(43)54-27(32(22,23)7)21-10-11-49-14-21/h10-12,14,23,25-27,29-30,45-47H,13,15H2,1-9H3/t23-,25+,26-,27-,29-,30-,31-,32-,33-,34-,35+,36+,37-/m0/s1. The van der Waals surface area contributed by atoms with Crippen LogP contribution in [-0.2, 0) is 66.7 Å². The quantitative estimate of drug-likeness (QED) is 0.242. The first-order chi connectivity index (χ1) is 25.4. The number of ether oxygens (including phenoxy) is 7. The summed E-state index contributed by atoms with van der Waals surface area (Å²) < 4.78 is 45.5. The van der Waals surface area contributed by atoms with Gasteiger partial charge >= 0.3 is 41.8 Å². The van der Waals surface area contributed by atoms with Crippen molar-refractivity contribution in [3.05, 3.63) is 35.8 Å². The third-order valence-corrected chi connectivity index (χ3v) is 13.0. The summed E-state index contributed by atoms with van der Waals surface area (Å²) in [6.07, 6.45) is -7.57. The molecule has 6 rings (SSSR count). The maximum Gasteiger partial charge on any atom is 0.347 e. The zero-order valence-corrected chi connectivity index (χ0v) is 31.7. The van der Waals surface area contributed by atoms with E-state index in [4.69, 9.17) is 37.6 Å². The fourth-order valence-corrected chi connectivity index (χ4v) is 11.5. The molecule has 13 atom stereocenters. The first kappa shape index (κ1) is 39.9. The van der Waals surface area contributed by atoms with Gasteiger partial charge in [0.25, 0.3) is 0 Å². The molecule has 0 amide bonds. The van der Waals surface area contributed by atoms with Gasteiger partial charge in [0.05, 0.1) is 25.1 Å². The third-order valence-electron chi connectivity index (χ3n) is 13.0. The van der Waals surface area contributed by atoms with Crippen LogP contribution in [0.2, 0.25) is 0 Å². The topological polar surface area (TPSA) is 258 Å². The van der Waals surface area contributed by atoms with Crippen LogP contribution in [0.4, 0.5) is 0 Å². The van der Waals surface area contributed by atoms with Gasteiger partial charge in [-0.2, -0.15) is 0 Å². The molecule has 0 saturated heterocycles. The Morgan fingerprint density at radius 3 is 1.95 bits per heavy atom. The fraction of sp³-hybridized carbons (Fsp3) is 0.649. The van der Waals surface area contributed by atoms with Crippen molar-refractivity contribution < 1.29 is 86.5 Å². The van der Waals surface area contributed by atoms with Gasteiger partial charge in [-0.05, 0) is 25.0 Å². The highest BCUT2D eigenvalue weighted by Crippen LogP contribution is 2.84. The summed E-state index contributed by atoms with van der Waals surface area (Å²) in [6.45, 7) is 8.98. The van der Waals surface area contributed by atoms with Gasteiger partial charge in [-0.25, -0.2) is 9.59 Å². The predicted octanol–water partition coefficient (Wildman–Crippen LogP) is 0.669. The summed E-state index contributed by atoms with van der Waals surface area (Å²) in [7, 11) is 0.984. The van der Waals surface area contributed by atoms with Gasteiger partial charge in [-0.3, -0.25) is 24.0 Å². The smallest absolute Gasteiger partial charge is 0.347 e. The summed E-state index contributed by atoms with van der Waals surface area (Å²) in [6, 6.07) is 1.44. The number of fused-ring (bicyclic) bond motifs is 5. The maximum absolute atomic E-state index is 13.9. The Kier molecular flexibility index (Phi) is 8.95. The Morgan fingerprint density at radius 2 is 1.44 bits per heavy atom. The highest BCUT2D eigenvalue weighted by molar-refractivity contribution is 5.86. The zero-order valence-electron chi connectivity index (χ0n) is 31.7. The number of aliphatic hydroxyl groups is 3. The van der Waals surface area contributed by atoms with Crippen molar-refractivity contribution in [1.29, 1.82) is 0 Å². The van der Waals surface area contributed by atoms with Gasteiger partial charge in [-0.15, -0.1) is 0 Å². The lowest BCUT2D eigenvalue weighted by atomic mass is 9.34. The minimum atomic E-state index is -3.21. The Hall–Kier alpha value is -4.81. The second-order valence-corrected chi connectivity index (χ2v) is 15.8. The molecule has 5 aliphatic rings. The van der Waals surface area contributed by atoms with Crippen molar-refractivity contribution in [1.82, 2.24) is 0 Å². The molecule has 4 aliphatic carbocycles. The number of hydrogen-bond donors (Lipinski definition) is 3. The average molecular weight is 777 g/mol. The lowest BCUT2D eigenvalue weighted by molar-refractivity contribution is -0.421. The van der Waals surface area contributed by atoms with E-state index in [0.717, 1.165) is 47.8 Å². The molecule has 3 N–H and O–H groups in total. The highest BCUT2D eigenvalue weighted by atomic mass is 16.6. The predicted molar refractivity (Wildman–Crippen MR) is 176 cm³/mol. The second-order valence-electron chi connectivity index (χ2n) is 15.8. The van der Waals surface area contributed by atoms with Crippen LogP contribution in [0.3, 0.4) is 0 Å². The Labute approximate surface area is 314 Å². The van der Waals surface area contributed by atoms with Crippen molar-refractivity contribution in [2.45, 2.75) is 121 Å².